The first-order valence-corrected chi connectivity index (χ1v) is 8.61. The molecule has 4 aromatic rings. The Morgan fingerprint density at radius 2 is 1.75 bits per heavy atom. The highest BCUT2D eigenvalue weighted by molar-refractivity contribution is 9.10. The number of hydrogen-bond acceptors (Lipinski definition) is 2. The highest BCUT2D eigenvalue weighted by atomic mass is 79.9. The van der Waals surface area contributed by atoms with E-state index in [4.69, 9.17) is 4.98 Å². The van der Waals surface area contributed by atoms with Gasteiger partial charge in [-0.05, 0) is 29.8 Å². The van der Waals surface area contributed by atoms with Gasteiger partial charge in [0.25, 0.3) is 0 Å². The van der Waals surface area contributed by atoms with Crippen molar-refractivity contribution in [2.75, 3.05) is 5.32 Å². The van der Waals surface area contributed by atoms with Crippen LogP contribution >= 0.6 is 15.9 Å². The van der Waals surface area contributed by atoms with Crippen molar-refractivity contribution in [2.24, 2.45) is 0 Å². The molecule has 0 spiro atoms. The smallest absolute Gasteiger partial charge is 0.139 e. The van der Waals surface area contributed by atoms with Gasteiger partial charge in [0.1, 0.15) is 17.2 Å². The molecule has 4 heteroatoms. The van der Waals surface area contributed by atoms with Crippen LogP contribution in [0.25, 0.3) is 16.9 Å². The lowest BCUT2D eigenvalue weighted by atomic mass is 10.1. The second-order valence-electron chi connectivity index (χ2n) is 5.59. The first-order valence-electron chi connectivity index (χ1n) is 7.82. The van der Waals surface area contributed by atoms with Crippen molar-refractivity contribution >= 4 is 27.4 Å². The van der Waals surface area contributed by atoms with Crippen LogP contribution in [0.5, 0.6) is 0 Å². The Balaban J connectivity index is 1.78. The number of aromatic nitrogens is 2. The molecule has 0 aliphatic rings. The van der Waals surface area contributed by atoms with Crippen LogP contribution in [-0.4, -0.2) is 9.38 Å². The van der Waals surface area contributed by atoms with Gasteiger partial charge in [0, 0.05) is 22.8 Å². The second-order valence-corrected chi connectivity index (χ2v) is 6.50. The highest BCUT2D eigenvalue weighted by Crippen LogP contribution is 2.30. The van der Waals surface area contributed by atoms with Crippen LogP contribution < -0.4 is 5.32 Å². The van der Waals surface area contributed by atoms with Crippen molar-refractivity contribution < 1.29 is 0 Å². The summed E-state index contributed by atoms with van der Waals surface area (Å²) in [5.41, 5.74) is 4.22. The Kier molecular flexibility index (Phi) is 4.05. The van der Waals surface area contributed by atoms with Crippen LogP contribution in [0.3, 0.4) is 0 Å². The molecule has 0 saturated heterocycles. The van der Waals surface area contributed by atoms with E-state index in [9.17, 15) is 0 Å². The summed E-state index contributed by atoms with van der Waals surface area (Å²) < 4.78 is 3.14. The fraction of sp³-hybridized carbons (Fsp3) is 0.0500. The van der Waals surface area contributed by atoms with Crippen molar-refractivity contribution in [2.45, 2.75) is 6.54 Å². The molecule has 0 radical (unpaired) electrons. The molecule has 0 amide bonds. The van der Waals surface area contributed by atoms with Crippen molar-refractivity contribution in [3.05, 3.63) is 89.0 Å². The lowest BCUT2D eigenvalue weighted by Gasteiger charge is -2.09. The summed E-state index contributed by atoms with van der Waals surface area (Å²) in [6.45, 7) is 0.754. The Hall–Kier alpha value is -2.59. The van der Waals surface area contributed by atoms with E-state index in [-0.39, 0.29) is 0 Å². The van der Waals surface area contributed by atoms with E-state index in [1.807, 2.05) is 42.6 Å². The van der Waals surface area contributed by atoms with Crippen LogP contribution in [0.15, 0.2) is 83.5 Å². The molecule has 24 heavy (non-hydrogen) atoms. The topological polar surface area (TPSA) is 29.3 Å². The van der Waals surface area contributed by atoms with Crippen LogP contribution in [-0.2, 0) is 6.54 Å². The first-order chi connectivity index (χ1) is 11.8. The SMILES string of the molecule is Brc1cccc(-c2nc3ccccn3c2NCc2ccccc2)c1. The van der Waals surface area contributed by atoms with Gasteiger partial charge in [-0.1, -0.05) is 64.5 Å². The van der Waals surface area contributed by atoms with Gasteiger partial charge in [0.05, 0.1) is 0 Å². The highest BCUT2D eigenvalue weighted by Gasteiger charge is 2.13. The average molecular weight is 378 g/mol. The summed E-state index contributed by atoms with van der Waals surface area (Å²) in [6.07, 6.45) is 2.04. The molecule has 0 aliphatic carbocycles. The molecule has 0 unspecified atom stereocenters. The van der Waals surface area contributed by atoms with E-state index in [0.29, 0.717) is 0 Å². The fourth-order valence-corrected chi connectivity index (χ4v) is 3.18. The van der Waals surface area contributed by atoms with Gasteiger partial charge < -0.3 is 5.32 Å². The molecular formula is C20H16BrN3. The normalized spacial score (nSPS) is 10.9. The molecule has 3 nitrogen and oxygen atoms in total. The maximum absolute atomic E-state index is 4.82. The standard InChI is InChI=1S/C20H16BrN3/c21-17-10-6-9-16(13-17)19-20(22-14-15-7-2-1-3-8-15)24-12-5-4-11-18(24)23-19/h1-13,22H,14H2. The molecular weight excluding hydrogens is 362 g/mol. The monoisotopic (exact) mass is 377 g/mol. The number of anilines is 1. The number of benzene rings is 2. The number of imidazole rings is 1. The van der Waals surface area contributed by atoms with Crippen LogP contribution in [0.2, 0.25) is 0 Å². The maximum Gasteiger partial charge on any atom is 0.139 e. The molecule has 0 aliphatic heterocycles. The van der Waals surface area contributed by atoms with Crippen molar-refractivity contribution in [3.63, 3.8) is 0 Å². The molecule has 2 heterocycles. The minimum atomic E-state index is 0.754. The Bertz CT molecular complexity index is 977. The third-order valence-corrected chi connectivity index (χ3v) is 4.42. The van der Waals surface area contributed by atoms with Gasteiger partial charge in [-0.15, -0.1) is 0 Å². The molecule has 0 bridgehead atoms. The summed E-state index contributed by atoms with van der Waals surface area (Å²) in [7, 11) is 0. The van der Waals surface area contributed by atoms with Crippen LogP contribution in [0.1, 0.15) is 5.56 Å². The van der Waals surface area contributed by atoms with Gasteiger partial charge in [-0.3, -0.25) is 4.40 Å². The molecule has 2 aromatic heterocycles. The number of hydrogen-bond donors (Lipinski definition) is 1. The summed E-state index contributed by atoms with van der Waals surface area (Å²) in [4.78, 5) is 4.82. The molecule has 118 valence electrons. The molecule has 4 rings (SSSR count). The number of nitrogens with zero attached hydrogens (tertiary/aromatic N) is 2. The largest absolute Gasteiger partial charge is 0.365 e. The van der Waals surface area contributed by atoms with E-state index in [2.05, 4.69) is 62.0 Å². The number of rotatable bonds is 4. The number of nitrogens with one attached hydrogen (secondary N) is 1. The fourth-order valence-electron chi connectivity index (χ4n) is 2.78. The summed E-state index contributed by atoms with van der Waals surface area (Å²) in [6, 6.07) is 24.7. The summed E-state index contributed by atoms with van der Waals surface area (Å²) in [5, 5.41) is 3.56. The second kappa shape index (κ2) is 6.49. The zero-order chi connectivity index (χ0) is 16.4. The average Bonchev–Trinajstić information content (AvgIpc) is 2.99. The van der Waals surface area contributed by atoms with Crippen molar-refractivity contribution in [3.8, 4) is 11.3 Å². The summed E-state index contributed by atoms with van der Waals surface area (Å²) in [5.74, 6) is 1.01. The Morgan fingerprint density at radius 1 is 0.917 bits per heavy atom. The Morgan fingerprint density at radius 3 is 2.58 bits per heavy atom. The van der Waals surface area contributed by atoms with E-state index in [1.54, 1.807) is 0 Å². The molecule has 1 N–H and O–H groups in total. The predicted molar refractivity (Wildman–Crippen MR) is 102 cm³/mol. The zero-order valence-corrected chi connectivity index (χ0v) is 14.6. The van der Waals surface area contributed by atoms with Crippen LogP contribution in [0.4, 0.5) is 5.82 Å². The summed E-state index contributed by atoms with van der Waals surface area (Å²) >= 11 is 3.55. The molecule has 0 saturated carbocycles. The first kappa shape index (κ1) is 15.0. The van der Waals surface area contributed by atoms with Gasteiger partial charge in [0.2, 0.25) is 0 Å². The maximum atomic E-state index is 4.82. The van der Waals surface area contributed by atoms with E-state index in [0.717, 1.165) is 33.7 Å². The van der Waals surface area contributed by atoms with Crippen molar-refractivity contribution in [1.82, 2.24) is 9.38 Å². The zero-order valence-electron chi connectivity index (χ0n) is 13.0. The Labute approximate surface area is 149 Å². The third-order valence-electron chi connectivity index (χ3n) is 3.93. The minimum Gasteiger partial charge on any atom is -0.365 e. The molecule has 0 atom stereocenters. The predicted octanol–water partition coefficient (Wildman–Crippen LogP) is 5.38. The number of fused-ring (bicyclic) bond motifs is 1. The lowest BCUT2D eigenvalue weighted by Crippen LogP contribution is -2.03. The van der Waals surface area contributed by atoms with E-state index in [1.165, 1.54) is 5.56 Å². The lowest BCUT2D eigenvalue weighted by molar-refractivity contribution is 1.08. The van der Waals surface area contributed by atoms with Gasteiger partial charge in [-0.2, -0.15) is 0 Å². The quantitative estimate of drug-likeness (QED) is 0.517. The number of pyridine rings is 1. The molecule has 0 fully saturated rings. The van der Waals surface area contributed by atoms with Gasteiger partial charge in [-0.25, -0.2) is 4.98 Å². The van der Waals surface area contributed by atoms with E-state index < -0.39 is 0 Å². The minimum absolute atomic E-state index is 0.754. The third kappa shape index (κ3) is 2.93. The van der Waals surface area contributed by atoms with Crippen molar-refractivity contribution in [1.29, 1.82) is 0 Å². The van der Waals surface area contributed by atoms with Gasteiger partial charge in [0.15, 0.2) is 0 Å². The number of halogens is 1. The van der Waals surface area contributed by atoms with Gasteiger partial charge >= 0.3 is 0 Å². The van der Waals surface area contributed by atoms with Crippen LogP contribution in [0, 0.1) is 0 Å². The molecule has 2 aromatic carbocycles. The van der Waals surface area contributed by atoms with E-state index >= 15 is 0 Å².